The number of nitrogens with one attached hydrogen (secondary N) is 1. The molecule has 1 aliphatic rings. The molecule has 1 fully saturated rings. The molecule has 19 heavy (non-hydrogen) atoms. The minimum Gasteiger partial charge on any atom is -0.384 e. The second kappa shape index (κ2) is 4.85. The largest absolute Gasteiger partial charge is 0.384 e. The molecule has 0 amide bonds. The molecule has 104 valence electrons. The molecule has 1 aliphatic heterocycles. The maximum absolute atomic E-state index is 7.54. The van der Waals surface area contributed by atoms with Crippen LogP contribution in [0.2, 0.25) is 0 Å². The number of hydrogen-bond acceptors (Lipinski definition) is 3. The Hall–Kier alpha value is -1.55. The number of amidine groups is 1. The summed E-state index contributed by atoms with van der Waals surface area (Å²) >= 11 is 0. The molecule has 4 heteroatoms. The lowest BCUT2D eigenvalue weighted by molar-refractivity contribution is 0.139. The molecule has 1 aromatic rings. The van der Waals surface area contributed by atoms with Gasteiger partial charge in [-0.1, -0.05) is 0 Å². The van der Waals surface area contributed by atoms with E-state index < -0.39 is 0 Å². The van der Waals surface area contributed by atoms with E-state index in [1.807, 2.05) is 13.0 Å². The van der Waals surface area contributed by atoms with Crippen LogP contribution in [0.15, 0.2) is 18.2 Å². The van der Waals surface area contributed by atoms with E-state index in [-0.39, 0.29) is 11.4 Å². The molecular weight excluding hydrogens is 236 g/mol. The summed E-state index contributed by atoms with van der Waals surface area (Å²) in [7, 11) is 2.18. The predicted molar refractivity (Wildman–Crippen MR) is 81.1 cm³/mol. The Morgan fingerprint density at radius 1 is 1.32 bits per heavy atom. The minimum absolute atomic E-state index is 0.141. The van der Waals surface area contributed by atoms with Crippen molar-refractivity contribution in [2.24, 2.45) is 5.73 Å². The molecule has 1 saturated heterocycles. The fraction of sp³-hybridized carbons (Fsp3) is 0.533. The molecule has 2 rings (SSSR count). The van der Waals surface area contributed by atoms with Crippen LogP contribution in [0, 0.1) is 12.3 Å². The van der Waals surface area contributed by atoms with Crippen LogP contribution < -0.4 is 10.6 Å². The van der Waals surface area contributed by atoms with E-state index >= 15 is 0 Å². The number of benzene rings is 1. The summed E-state index contributed by atoms with van der Waals surface area (Å²) in [4.78, 5) is 4.82. The first-order valence-electron chi connectivity index (χ1n) is 6.72. The Labute approximate surface area is 115 Å². The van der Waals surface area contributed by atoms with E-state index in [0.29, 0.717) is 0 Å². The van der Waals surface area contributed by atoms with Gasteiger partial charge in [-0.3, -0.25) is 10.3 Å². The Balaban J connectivity index is 2.24. The molecule has 0 radical (unpaired) electrons. The maximum Gasteiger partial charge on any atom is 0.123 e. The average molecular weight is 260 g/mol. The number of piperazine rings is 1. The molecule has 1 aromatic carbocycles. The Morgan fingerprint density at radius 2 is 2.00 bits per heavy atom. The fourth-order valence-corrected chi connectivity index (χ4v) is 2.61. The van der Waals surface area contributed by atoms with Gasteiger partial charge in [0.1, 0.15) is 5.84 Å². The number of nitrogens with two attached hydrogens (primary N) is 1. The van der Waals surface area contributed by atoms with Gasteiger partial charge in [-0.25, -0.2) is 0 Å². The monoisotopic (exact) mass is 260 g/mol. The second-order valence-corrected chi connectivity index (χ2v) is 6.07. The van der Waals surface area contributed by atoms with Crippen LogP contribution in [0.1, 0.15) is 25.0 Å². The van der Waals surface area contributed by atoms with Gasteiger partial charge < -0.3 is 10.6 Å². The number of rotatable bonds is 2. The lowest BCUT2D eigenvalue weighted by Crippen LogP contribution is -2.57. The fourth-order valence-electron chi connectivity index (χ4n) is 2.61. The van der Waals surface area contributed by atoms with E-state index in [1.54, 1.807) is 0 Å². The van der Waals surface area contributed by atoms with Gasteiger partial charge in [0.15, 0.2) is 0 Å². The van der Waals surface area contributed by atoms with Crippen molar-refractivity contribution in [2.45, 2.75) is 26.3 Å². The zero-order valence-corrected chi connectivity index (χ0v) is 12.3. The molecular formula is C15H24N4. The van der Waals surface area contributed by atoms with E-state index in [4.69, 9.17) is 11.1 Å². The van der Waals surface area contributed by atoms with E-state index in [9.17, 15) is 0 Å². The normalized spacial score (nSPS) is 19.5. The molecule has 0 aliphatic carbocycles. The van der Waals surface area contributed by atoms with E-state index in [2.05, 4.69) is 42.8 Å². The third kappa shape index (κ3) is 2.73. The van der Waals surface area contributed by atoms with Crippen LogP contribution in [0.5, 0.6) is 0 Å². The van der Waals surface area contributed by atoms with Crippen molar-refractivity contribution >= 4 is 11.5 Å². The van der Waals surface area contributed by atoms with Gasteiger partial charge in [0.2, 0.25) is 0 Å². The summed E-state index contributed by atoms with van der Waals surface area (Å²) in [5, 5.41) is 7.54. The summed E-state index contributed by atoms with van der Waals surface area (Å²) in [6, 6.07) is 6.17. The number of nitrogen functional groups attached to an aromatic ring is 1. The van der Waals surface area contributed by atoms with Crippen molar-refractivity contribution in [2.75, 3.05) is 31.6 Å². The SMILES string of the molecule is Cc1cc(N2CCN(C)C(C)(C)C2)ccc1C(=N)N. The van der Waals surface area contributed by atoms with E-state index in [0.717, 1.165) is 30.8 Å². The van der Waals surface area contributed by atoms with Gasteiger partial charge in [-0.15, -0.1) is 0 Å². The molecule has 0 bridgehead atoms. The maximum atomic E-state index is 7.54. The molecule has 3 N–H and O–H groups in total. The van der Waals surface area contributed by atoms with Crippen molar-refractivity contribution in [3.8, 4) is 0 Å². The number of hydrogen-bond donors (Lipinski definition) is 2. The third-order valence-corrected chi connectivity index (χ3v) is 4.18. The quantitative estimate of drug-likeness (QED) is 0.630. The van der Waals surface area contributed by atoms with Gasteiger partial charge in [0, 0.05) is 36.4 Å². The average Bonchev–Trinajstić information content (AvgIpc) is 2.32. The lowest BCUT2D eigenvalue weighted by Gasteiger charge is -2.46. The highest BCUT2D eigenvalue weighted by Gasteiger charge is 2.31. The molecule has 1 heterocycles. The second-order valence-electron chi connectivity index (χ2n) is 6.07. The highest BCUT2D eigenvalue weighted by Crippen LogP contribution is 2.26. The number of aryl methyl sites for hydroxylation is 1. The van der Waals surface area contributed by atoms with Gasteiger partial charge in [0.05, 0.1) is 0 Å². The van der Waals surface area contributed by atoms with Gasteiger partial charge >= 0.3 is 0 Å². The number of anilines is 1. The van der Waals surface area contributed by atoms with Crippen molar-refractivity contribution in [3.05, 3.63) is 29.3 Å². The lowest BCUT2D eigenvalue weighted by atomic mass is 9.98. The summed E-state index contributed by atoms with van der Waals surface area (Å²) in [6.07, 6.45) is 0. The Kier molecular flexibility index (Phi) is 3.54. The van der Waals surface area contributed by atoms with Crippen LogP contribution >= 0.6 is 0 Å². The van der Waals surface area contributed by atoms with Gasteiger partial charge in [-0.05, 0) is 51.6 Å². The highest BCUT2D eigenvalue weighted by molar-refractivity contribution is 5.96. The number of likely N-dealkylation sites (N-methyl/N-ethyl adjacent to an activating group) is 1. The predicted octanol–water partition coefficient (Wildman–Crippen LogP) is 1.81. The zero-order valence-electron chi connectivity index (χ0n) is 12.3. The molecule has 0 spiro atoms. The first-order valence-corrected chi connectivity index (χ1v) is 6.72. The smallest absolute Gasteiger partial charge is 0.123 e. The molecule has 0 aromatic heterocycles. The molecule has 0 unspecified atom stereocenters. The van der Waals surface area contributed by atoms with E-state index in [1.165, 1.54) is 5.69 Å². The highest BCUT2D eigenvalue weighted by atomic mass is 15.3. The molecule has 4 nitrogen and oxygen atoms in total. The molecule has 0 atom stereocenters. The third-order valence-electron chi connectivity index (χ3n) is 4.18. The Bertz CT molecular complexity index is 493. The van der Waals surface area contributed by atoms with Crippen LogP contribution in [0.3, 0.4) is 0 Å². The summed E-state index contributed by atoms with van der Waals surface area (Å²) in [5.41, 5.74) is 8.88. The minimum atomic E-state index is 0.141. The van der Waals surface area contributed by atoms with Crippen molar-refractivity contribution < 1.29 is 0 Å². The zero-order chi connectivity index (χ0) is 14.2. The van der Waals surface area contributed by atoms with Gasteiger partial charge in [-0.2, -0.15) is 0 Å². The topological polar surface area (TPSA) is 56.4 Å². The standard InChI is InChI=1S/C15H24N4/c1-11-9-12(5-6-13(11)14(16)17)19-8-7-18(4)15(2,3)10-19/h5-6,9H,7-8,10H2,1-4H3,(H3,16,17). The Morgan fingerprint density at radius 3 is 2.53 bits per heavy atom. The van der Waals surface area contributed by atoms with Crippen LogP contribution in [0.4, 0.5) is 5.69 Å². The van der Waals surface area contributed by atoms with Crippen LogP contribution in [-0.4, -0.2) is 43.0 Å². The van der Waals surface area contributed by atoms with Gasteiger partial charge in [0.25, 0.3) is 0 Å². The van der Waals surface area contributed by atoms with Crippen molar-refractivity contribution in [1.82, 2.24) is 4.90 Å². The van der Waals surface area contributed by atoms with Crippen molar-refractivity contribution in [3.63, 3.8) is 0 Å². The van der Waals surface area contributed by atoms with Crippen LogP contribution in [0.25, 0.3) is 0 Å². The van der Waals surface area contributed by atoms with Crippen molar-refractivity contribution in [1.29, 1.82) is 5.41 Å². The first-order chi connectivity index (χ1) is 8.81. The summed E-state index contributed by atoms with van der Waals surface area (Å²) in [5.74, 6) is 0.141. The molecule has 0 saturated carbocycles. The summed E-state index contributed by atoms with van der Waals surface area (Å²) in [6.45, 7) is 9.69. The number of nitrogens with zero attached hydrogens (tertiary/aromatic N) is 2. The first kappa shape index (κ1) is 13.9. The summed E-state index contributed by atoms with van der Waals surface area (Å²) < 4.78 is 0. The van der Waals surface area contributed by atoms with Crippen LogP contribution in [-0.2, 0) is 0 Å².